The standard InChI is InChI=1S/C14H26O4/c1-2-3-4-5-7-10-13-15-17-14(18-16-13)11-8-6-9-12-14/h13H,2-12H2,1H3. The van der Waals surface area contributed by atoms with Crippen molar-refractivity contribution in [2.75, 3.05) is 0 Å². The minimum atomic E-state index is -0.614. The van der Waals surface area contributed by atoms with Crippen molar-refractivity contribution in [3.05, 3.63) is 0 Å². The minimum absolute atomic E-state index is 0.348. The first-order valence-electron chi connectivity index (χ1n) is 7.54. The Bertz CT molecular complexity index is 216. The van der Waals surface area contributed by atoms with E-state index < -0.39 is 5.79 Å². The minimum Gasteiger partial charge on any atom is -0.198 e. The van der Waals surface area contributed by atoms with Crippen LogP contribution in [0.2, 0.25) is 0 Å². The molecule has 0 unspecified atom stereocenters. The Labute approximate surface area is 110 Å². The van der Waals surface area contributed by atoms with Gasteiger partial charge in [-0.3, -0.25) is 0 Å². The van der Waals surface area contributed by atoms with Gasteiger partial charge in [0.1, 0.15) is 0 Å². The summed E-state index contributed by atoms with van der Waals surface area (Å²) in [6.45, 7) is 2.22. The molecular formula is C14H26O4. The molecule has 0 aromatic heterocycles. The lowest BCUT2D eigenvalue weighted by molar-refractivity contribution is -0.629. The fourth-order valence-corrected chi connectivity index (χ4v) is 2.58. The van der Waals surface area contributed by atoms with Crippen molar-refractivity contribution in [1.29, 1.82) is 0 Å². The molecule has 4 nitrogen and oxygen atoms in total. The maximum Gasteiger partial charge on any atom is 0.234 e. The zero-order chi connectivity index (χ0) is 12.7. The van der Waals surface area contributed by atoms with Crippen LogP contribution in [0.4, 0.5) is 0 Å². The first-order valence-corrected chi connectivity index (χ1v) is 7.54. The van der Waals surface area contributed by atoms with Gasteiger partial charge in [0.2, 0.25) is 12.1 Å². The van der Waals surface area contributed by atoms with Gasteiger partial charge < -0.3 is 0 Å². The lowest BCUT2D eigenvalue weighted by atomic mass is 9.94. The van der Waals surface area contributed by atoms with Crippen molar-refractivity contribution in [1.82, 2.24) is 0 Å². The highest BCUT2D eigenvalue weighted by Crippen LogP contribution is 2.36. The second-order valence-electron chi connectivity index (χ2n) is 5.46. The Morgan fingerprint density at radius 2 is 1.56 bits per heavy atom. The molecule has 1 saturated heterocycles. The molecule has 0 aromatic rings. The van der Waals surface area contributed by atoms with Gasteiger partial charge >= 0.3 is 0 Å². The predicted molar refractivity (Wildman–Crippen MR) is 67.3 cm³/mol. The van der Waals surface area contributed by atoms with E-state index in [1.54, 1.807) is 0 Å². The SMILES string of the molecule is CCCCCCCC1OOC2(CCCCC2)OO1. The van der Waals surface area contributed by atoms with Gasteiger partial charge in [-0.15, -0.1) is 0 Å². The molecule has 1 saturated carbocycles. The summed E-state index contributed by atoms with van der Waals surface area (Å²) in [6.07, 6.45) is 11.9. The highest BCUT2D eigenvalue weighted by molar-refractivity contribution is 4.73. The molecule has 106 valence electrons. The molecule has 0 aromatic carbocycles. The first kappa shape index (κ1) is 14.3. The Morgan fingerprint density at radius 1 is 0.889 bits per heavy atom. The fourth-order valence-electron chi connectivity index (χ4n) is 2.58. The molecule has 1 aliphatic heterocycles. The number of rotatable bonds is 6. The van der Waals surface area contributed by atoms with Gasteiger partial charge in [0.15, 0.2) is 0 Å². The largest absolute Gasteiger partial charge is 0.234 e. The molecule has 0 atom stereocenters. The van der Waals surface area contributed by atoms with E-state index in [0.717, 1.165) is 38.5 Å². The number of hydrogen-bond donors (Lipinski definition) is 0. The Balaban J connectivity index is 1.58. The van der Waals surface area contributed by atoms with E-state index in [-0.39, 0.29) is 6.29 Å². The van der Waals surface area contributed by atoms with Crippen LogP contribution in [0.25, 0.3) is 0 Å². The summed E-state index contributed by atoms with van der Waals surface area (Å²) in [5.41, 5.74) is 0. The number of hydrogen-bond acceptors (Lipinski definition) is 4. The van der Waals surface area contributed by atoms with Crippen LogP contribution in [0.3, 0.4) is 0 Å². The van der Waals surface area contributed by atoms with Crippen molar-refractivity contribution in [3.8, 4) is 0 Å². The van der Waals surface area contributed by atoms with Crippen LogP contribution in [-0.4, -0.2) is 12.1 Å². The Kier molecular flexibility index (Phi) is 5.89. The molecular weight excluding hydrogens is 232 g/mol. The maximum atomic E-state index is 5.45. The second-order valence-corrected chi connectivity index (χ2v) is 5.46. The molecule has 1 aliphatic carbocycles. The highest BCUT2D eigenvalue weighted by Gasteiger charge is 2.42. The quantitative estimate of drug-likeness (QED) is 0.527. The van der Waals surface area contributed by atoms with Gasteiger partial charge in [0, 0.05) is 19.3 Å². The van der Waals surface area contributed by atoms with E-state index in [4.69, 9.17) is 19.6 Å². The van der Waals surface area contributed by atoms with Gasteiger partial charge in [-0.05, 0) is 19.3 Å². The average molecular weight is 258 g/mol. The van der Waals surface area contributed by atoms with Crippen LogP contribution < -0.4 is 0 Å². The molecule has 4 heteroatoms. The lowest BCUT2D eigenvalue weighted by Gasteiger charge is -2.39. The highest BCUT2D eigenvalue weighted by atomic mass is 17.4. The van der Waals surface area contributed by atoms with Crippen LogP contribution >= 0.6 is 0 Å². The molecule has 0 bridgehead atoms. The maximum absolute atomic E-state index is 5.45. The molecule has 18 heavy (non-hydrogen) atoms. The monoisotopic (exact) mass is 258 g/mol. The average Bonchev–Trinajstić information content (AvgIpc) is 2.42. The van der Waals surface area contributed by atoms with E-state index >= 15 is 0 Å². The third kappa shape index (κ3) is 4.19. The molecule has 1 heterocycles. The summed E-state index contributed by atoms with van der Waals surface area (Å²) in [5, 5.41) is 0. The summed E-state index contributed by atoms with van der Waals surface area (Å²) in [5.74, 6) is -0.614. The molecule has 2 aliphatic rings. The first-order chi connectivity index (χ1) is 8.85. The van der Waals surface area contributed by atoms with Gasteiger partial charge in [-0.25, -0.2) is 0 Å². The van der Waals surface area contributed by atoms with Gasteiger partial charge in [0.25, 0.3) is 0 Å². The van der Waals surface area contributed by atoms with Crippen molar-refractivity contribution in [3.63, 3.8) is 0 Å². The Hall–Kier alpha value is -0.160. The van der Waals surface area contributed by atoms with Gasteiger partial charge in [0.05, 0.1) is 0 Å². The predicted octanol–water partition coefficient (Wildman–Crippen LogP) is 4.24. The van der Waals surface area contributed by atoms with E-state index in [2.05, 4.69) is 6.92 Å². The van der Waals surface area contributed by atoms with E-state index in [9.17, 15) is 0 Å². The van der Waals surface area contributed by atoms with Crippen LogP contribution in [0.5, 0.6) is 0 Å². The van der Waals surface area contributed by atoms with E-state index in [0.29, 0.717) is 0 Å². The molecule has 2 rings (SSSR count). The summed E-state index contributed by atoms with van der Waals surface area (Å²) in [4.78, 5) is 21.6. The van der Waals surface area contributed by atoms with Gasteiger partial charge in [-0.2, -0.15) is 19.6 Å². The van der Waals surface area contributed by atoms with Crippen molar-refractivity contribution in [2.24, 2.45) is 0 Å². The van der Waals surface area contributed by atoms with Crippen molar-refractivity contribution < 1.29 is 19.6 Å². The van der Waals surface area contributed by atoms with Crippen LogP contribution in [-0.2, 0) is 19.6 Å². The smallest absolute Gasteiger partial charge is 0.198 e. The molecule has 0 amide bonds. The fraction of sp³-hybridized carbons (Fsp3) is 1.00. The van der Waals surface area contributed by atoms with Crippen LogP contribution in [0.1, 0.15) is 77.6 Å². The third-order valence-corrected chi connectivity index (χ3v) is 3.77. The van der Waals surface area contributed by atoms with E-state index in [1.165, 1.54) is 32.1 Å². The summed E-state index contributed by atoms with van der Waals surface area (Å²) in [7, 11) is 0. The lowest BCUT2D eigenvalue weighted by Crippen LogP contribution is -2.45. The summed E-state index contributed by atoms with van der Waals surface area (Å²) in [6, 6.07) is 0. The van der Waals surface area contributed by atoms with E-state index in [1.807, 2.05) is 0 Å². The van der Waals surface area contributed by atoms with Crippen LogP contribution in [0.15, 0.2) is 0 Å². The molecule has 2 fully saturated rings. The second kappa shape index (κ2) is 7.43. The molecule has 1 spiro atoms. The topological polar surface area (TPSA) is 36.9 Å². The summed E-state index contributed by atoms with van der Waals surface area (Å²) < 4.78 is 0. The Morgan fingerprint density at radius 3 is 2.22 bits per heavy atom. The number of unbranched alkanes of at least 4 members (excludes halogenated alkanes) is 4. The zero-order valence-corrected chi connectivity index (χ0v) is 11.5. The normalized spacial score (nSPS) is 24.5. The van der Waals surface area contributed by atoms with Crippen molar-refractivity contribution in [2.45, 2.75) is 89.6 Å². The molecule has 0 radical (unpaired) electrons. The van der Waals surface area contributed by atoms with Crippen LogP contribution in [0, 0.1) is 0 Å². The molecule has 0 N–H and O–H groups in total. The third-order valence-electron chi connectivity index (χ3n) is 3.77. The van der Waals surface area contributed by atoms with Gasteiger partial charge in [-0.1, -0.05) is 39.0 Å². The zero-order valence-electron chi connectivity index (χ0n) is 11.5. The summed E-state index contributed by atoms with van der Waals surface area (Å²) >= 11 is 0. The van der Waals surface area contributed by atoms with Crippen molar-refractivity contribution >= 4 is 0 Å².